The van der Waals surface area contributed by atoms with E-state index in [1.54, 1.807) is 21.3 Å². The number of benzene rings is 1. The monoisotopic (exact) mass is 490 g/mol. The first-order valence-corrected chi connectivity index (χ1v) is 9.34. The van der Waals surface area contributed by atoms with Crippen molar-refractivity contribution in [3.8, 4) is 11.5 Å². The average Bonchev–Trinajstić information content (AvgIpc) is 2.64. The van der Waals surface area contributed by atoms with Crippen molar-refractivity contribution < 1.29 is 9.47 Å². The fraction of sp³-hybridized carbons (Fsp3) is 0.650. The second kappa shape index (κ2) is 10.9. The zero-order chi connectivity index (χ0) is 19.2. The number of hydrogen-bond donors (Lipinski definition) is 2. The molecule has 0 radical (unpaired) electrons. The summed E-state index contributed by atoms with van der Waals surface area (Å²) in [6, 6.07) is 5.74. The molecule has 154 valence electrons. The van der Waals surface area contributed by atoms with Crippen LogP contribution in [0.5, 0.6) is 11.5 Å². The molecule has 0 aliphatic carbocycles. The highest BCUT2D eigenvalue weighted by Gasteiger charge is 2.30. The first kappa shape index (κ1) is 23.8. The second-order valence-corrected chi connectivity index (χ2v) is 7.63. The molecule has 0 spiro atoms. The Morgan fingerprint density at radius 3 is 2.56 bits per heavy atom. The van der Waals surface area contributed by atoms with Gasteiger partial charge in [0.05, 0.1) is 14.2 Å². The molecule has 1 aliphatic rings. The third-order valence-electron chi connectivity index (χ3n) is 5.07. The predicted molar refractivity (Wildman–Crippen MR) is 124 cm³/mol. The molecule has 1 saturated heterocycles. The zero-order valence-electron chi connectivity index (χ0n) is 17.5. The van der Waals surface area contributed by atoms with Gasteiger partial charge in [0, 0.05) is 37.4 Å². The Morgan fingerprint density at radius 1 is 1.26 bits per heavy atom. The van der Waals surface area contributed by atoms with Crippen molar-refractivity contribution in [2.24, 2.45) is 10.9 Å². The lowest BCUT2D eigenvalue weighted by Gasteiger charge is -2.43. The van der Waals surface area contributed by atoms with Gasteiger partial charge in [-0.25, -0.2) is 0 Å². The Balaban J connectivity index is 0.00000364. The second-order valence-electron chi connectivity index (χ2n) is 7.63. The molecule has 0 aromatic heterocycles. The lowest BCUT2D eigenvalue weighted by molar-refractivity contribution is 0.0741. The molecular weight excluding hydrogens is 455 g/mol. The Hall–Kier alpha value is -1.22. The minimum absolute atomic E-state index is 0. The van der Waals surface area contributed by atoms with Crippen molar-refractivity contribution in [3.63, 3.8) is 0 Å². The van der Waals surface area contributed by atoms with Gasteiger partial charge in [-0.15, -0.1) is 24.0 Å². The summed E-state index contributed by atoms with van der Waals surface area (Å²) in [5, 5.41) is 6.79. The van der Waals surface area contributed by atoms with Gasteiger partial charge in [-0.1, -0.05) is 6.92 Å². The van der Waals surface area contributed by atoms with Crippen LogP contribution in [0.4, 0.5) is 5.69 Å². The van der Waals surface area contributed by atoms with Crippen LogP contribution in [-0.4, -0.2) is 57.3 Å². The lowest BCUT2D eigenvalue weighted by Crippen LogP contribution is -2.55. The minimum Gasteiger partial charge on any atom is -0.493 e. The fourth-order valence-corrected chi connectivity index (χ4v) is 3.38. The largest absolute Gasteiger partial charge is 0.493 e. The number of guanidine groups is 1. The highest BCUT2D eigenvalue weighted by atomic mass is 127. The van der Waals surface area contributed by atoms with E-state index in [2.05, 4.69) is 41.3 Å². The van der Waals surface area contributed by atoms with Crippen LogP contribution in [-0.2, 0) is 0 Å². The van der Waals surface area contributed by atoms with Gasteiger partial charge >= 0.3 is 0 Å². The number of anilines is 1. The smallest absolute Gasteiger partial charge is 0.195 e. The van der Waals surface area contributed by atoms with Gasteiger partial charge in [-0.2, -0.15) is 0 Å². The van der Waals surface area contributed by atoms with Crippen molar-refractivity contribution in [2.75, 3.05) is 46.2 Å². The Bertz CT molecular complexity index is 622. The van der Waals surface area contributed by atoms with E-state index in [1.807, 2.05) is 18.2 Å². The molecule has 2 rings (SSSR count). The number of hydrogen-bond acceptors (Lipinski definition) is 4. The highest BCUT2D eigenvalue weighted by Crippen LogP contribution is 2.29. The summed E-state index contributed by atoms with van der Waals surface area (Å²) in [6.07, 6.45) is 2.62. The molecule has 27 heavy (non-hydrogen) atoms. The average molecular weight is 490 g/mol. The van der Waals surface area contributed by atoms with E-state index in [1.165, 1.54) is 19.4 Å². The quantitative estimate of drug-likeness (QED) is 0.361. The predicted octanol–water partition coefficient (Wildman–Crippen LogP) is 3.82. The standard InChI is InChI=1S/C20H34N4O2.HI/c1-15-8-7-11-24(13-15)20(2,3)14-22-19(21-4)23-16-9-10-17(25-5)18(12-16)26-6;/h9-10,12,15H,7-8,11,13-14H2,1-6H3,(H2,21,22,23);1H. The molecule has 0 amide bonds. The van der Waals surface area contributed by atoms with E-state index in [-0.39, 0.29) is 29.5 Å². The van der Waals surface area contributed by atoms with Crippen molar-refractivity contribution in [1.82, 2.24) is 10.2 Å². The summed E-state index contributed by atoms with van der Waals surface area (Å²) in [5.41, 5.74) is 0.976. The van der Waals surface area contributed by atoms with E-state index >= 15 is 0 Å². The van der Waals surface area contributed by atoms with Crippen LogP contribution in [0.2, 0.25) is 0 Å². The molecule has 1 atom stereocenters. The van der Waals surface area contributed by atoms with Crippen LogP contribution in [0.3, 0.4) is 0 Å². The fourth-order valence-electron chi connectivity index (χ4n) is 3.38. The number of halogens is 1. The molecule has 0 saturated carbocycles. The van der Waals surface area contributed by atoms with Crippen LogP contribution < -0.4 is 20.1 Å². The van der Waals surface area contributed by atoms with E-state index in [4.69, 9.17) is 9.47 Å². The van der Waals surface area contributed by atoms with E-state index in [9.17, 15) is 0 Å². The van der Waals surface area contributed by atoms with Crippen molar-refractivity contribution in [2.45, 2.75) is 39.2 Å². The molecule has 1 fully saturated rings. The molecule has 0 bridgehead atoms. The van der Waals surface area contributed by atoms with Gasteiger partial charge in [0.1, 0.15) is 0 Å². The van der Waals surface area contributed by atoms with Crippen molar-refractivity contribution >= 4 is 35.6 Å². The maximum Gasteiger partial charge on any atom is 0.195 e. The van der Waals surface area contributed by atoms with Crippen LogP contribution in [0.1, 0.15) is 33.6 Å². The number of ether oxygens (including phenoxy) is 2. The molecule has 1 aromatic rings. The first-order chi connectivity index (χ1) is 12.4. The van der Waals surface area contributed by atoms with Crippen LogP contribution in [0, 0.1) is 5.92 Å². The van der Waals surface area contributed by atoms with Gasteiger partial charge < -0.3 is 20.1 Å². The Labute approximate surface area is 181 Å². The normalized spacial score (nSPS) is 18.4. The maximum absolute atomic E-state index is 5.36. The van der Waals surface area contributed by atoms with Gasteiger partial charge in [0.25, 0.3) is 0 Å². The molecule has 1 aliphatic heterocycles. The van der Waals surface area contributed by atoms with Crippen LogP contribution in [0.25, 0.3) is 0 Å². The van der Waals surface area contributed by atoms with E-state index < -0.39 is 0 Å². The Kier molecular flexibility index (Phi) is 9.66. The maximum atomic E-state index is 5.36. The van der Waals surface area contributed by atoms with Crippen molar-refractivity contribution in [3.05, 3.63) is 18.2 Å². The number of piperidine rings is 1. The highest BCUT2D eigenvalue weighted by molar-refractivity contribution is 14.0. The molecule has 6 nitrogen and oxygen atoms in total. The molecule has 1 heterocycles. The number of likely N-dealkylation sites (tertiary alicyclic amines) is 1. The summed E-state index contributed by atoms with van der Waals surface area (Å²) >= 11 is 0. The van der Waals surface area contributed by atoms with Gasteiger partial charge in [0.2, 0.25) is 0 Å². The summed E-state index contributed by atoms with van der Waals surface area (Å²) in [6.45, 7) is 10.1. The Morgan fingerprint density at radius 2 is 1.96 bits per heavy atom. The number of methoxy groups -OCH3 is 2. The van der Waals surface area contributed by atoms with E-state index in [0.717, 1.165) is 30.7 Å². The topological polar surface area (TPSA) is 58.1 Å². The van der Waals surface area contributed by atoms with Crippen LogP contribution >= 0.6 is 24.0 Å². The van der Waals surface area contributed by atoms with Gasteiger partial charge in [-0.05, 0) is 51.3 Å². The summed E-state index contributed by atoms with van der Waals surface area (Å²) < 4.78 is 10.7. The third-order valence-corrected chi connectivity index (χ3v) is 5.07. The van der Waals surface area contributed by atoms with Crippen LogP contribution in [0.15, 0.2) is 23.2 Å². The zero-order valence-corrected chi connectivity index (χ0v) is 19.8. The lowest BCUT2D eigenvalue weighted by atomic mass is 9.93. The molecular formula is C20H35IN4O2. The summed E-state index contributed by atoms with van der Waals surface area (Å²) in [5.74, 6) is 2.92. The minimum atomic E-state index is 0. The van der Waals surface area contributed by atoms with E-state index in [0.29, 0.717) is 11.5 Å². The molecule has 7 heteroatoms. The number of nitrogens with one attached hydrogen (secondary N) is 2. The third kappa shape index (κ3) is 6.71. The first-order valence-electron chi connectivity index (χ1n) is 9.34. The summed E-state index contributed by atoms with van der Waals surface area (Å²) in [7, 11) is 5.05. The van der Waals surface area contributed by atoms with Crippen molar-refractivity contribution in [1.29, 1.82) is 0 Å². The molecule has 2 N–H and O–H groups in total. The van der Waals surface area contributed by atoms with Gasteiger partial charge in [0.15, 0.2) is 17.5 Å². The molecule has 1 aromatic carbocycles. The number of rotatable bonds is 6. The molecule has 1 unspecified atom stereocenters. The summed E-state index contributed by atoms with van der Waals surface area (Å²) in [4.78, 5) is 6.93. The number of aliphatic imine (C=N–C) groups is 1. The van der Waals surface area contributed by atoms with Gasteiger partial charge in [-0.3, -0.25) is 9.89 Å². The SMILES string of the molecule is CN=C(NCC(C)(C)N1CCCC(C)C1)Nc1ccc(OC)c(OC)c1.I. The number of nitrogens with zero attached hydrogens (tertiary/aromatic N) is 2.